The zero-order chi connectivity index (χ0) is 19.4. The molecule has 0 fully saturated rings. The van der Waals surface area contributed by atoms with Crippen molar-refractivity contribution in [1.29, 1.82) is 0 Å². The fourth-order valence-corrected chi connectivity index (χ4v) is 3.28. The Hall–Kier alpha value is -2.45. The van der Waals surface area contributed by atoms with Crippen molar-refractivity contribution in [1.82, 2.24) is 9.72 Å². The second-order valence-electron chi connectivity index (χ2n) is 5.42. The monoisotopic (exact) mass is 454 g/mol. The molecular formula is C18H16BrClN2O5. The number of halogens is 2. The lowest BCUT2D eigenvalue weighted by Gasteiger charge is -2.11. The fourth-order valence-electron chi connectivity index (χ4n) is 2.49. The summed E-state index contributed by atoms with van der Waals surface area (Å²) in [6, 6.07) is 10.4. The summed E-state index contributed by atoms with van der Waals surface area (Å²) >= 11 is 9.30. The normalized spacial score (nSPS) is 10.7. The van der Waals surface area contributed by atoms with Gasteiger partial charge in [-0.15, -0.1) is 0 Å². The van der Waals surface area contributed by atoms with E-state index in [-0.39, 0.29) is 13.2 Å². The number of hydrogen-bond acceptors (Lipinski definition) is 6. The van der Waals surface area contributed by atoms with Gasteiger partial charge in [0.15, 0.2) is 17.3 Å². The van der Waals surface area contributed by atoms with Gasteiger partial charge in [-0.05, 0) is 52.3 Å². The summed E-state index contributed by atoms with van der Waals surface area (Å²) in [4.78, 5) is 12.0. The Balaban J connectivity index is 1.80. The summed E-state index contributed by atoms with van der Waals surface area (Å²) in [6.45, 7) is 0.489. The number of hydrogen-bond donors (Lipinski definition) is 0. The van der Waals surface area contributed by atoms with Crippen LogP contribution in [0.3, 0.4) is 0 Å². The predicted molar refractivity (Wildman–Crippen MR) is 104 cm³/mol. The first-order valence-electron chi connectivity index (χ1n) is 7.90. The van der Waals surface area contributed by atoms with Gasteiger partial charge in [0.05, 0.1) is 25.2 Å². The minimum Gasteiger partial charge on any atom is -0.493 e. The van der Waals surface area contributed by atoms with E-state index < -0.39 is 5.76 Å². The van der Waals surface area contributed by atoms with Crippen LogP contribution >= 0.6 is 27.5 Å². The third-order valence-electron chi connectivity index (χ3n) is 3.79. The molecule has 0 amide bonds. The molecule has 1 aromatic heterocycles. The van der Waals surface area contributed by atoms with Gasteiger partial charge >= 0.3 is 5.76 Å². The van der Waals surface area contributed by atoms with Crippen LogP contribution in [-0.4, -0.2) is 30.6 Å². The summed E-state index contributed by atoms with van der Waals surface area (Å²) in [6.07, 6.45) is 0. The Morgan fingerprint density at radius 3 is 2.56 bits per heavy atom. The highest BCUT2D eigenvalue weighted by Crippen LogP contribution is 2.31. The van der Waals surface area contributed by atoms with Crippen molar-refractivity contribution in [2.45, 2.75) is 6.54 Å². The first kappa shape index (κ1) is 19.3. The number of rotatable bonds is 7. The summed E-state index contributed by atoms with van der Waals surface area (Å²) in [5, 5.41) is 4.47. The van der Waals surface area contributed by atoms with Crippen LogP contribution in [0.5, 0.6) is 17.2 Å². The van der Waals surface area contributed by atoms with Crippen LogP contribution in [0.25, 0.3) is 11.4 Å². The molecule has 0 N–H and O–H groups in total. The Kier molecular flexibility index (Phi) is 6.08. The maximum atomic E-state index is 12.0. The van der Waals surface area contributed by atoms with Crippen molar-refractivity contribution in [3.8, 4) is 28.6 Å². The van der Waals surface area contributed by atoms with Gasteiger partial charge in [-0.25, -0.2) is 4.79 Å². The third kappa shape index (κ3) is 4.28. The van der Waals surface area contributed by atoms with E-state index in [1.165, 1.54) is 11.7 Å². The highest BCUT2D eigenvalue weighted by molar-refractivity contribution is 9.10. The summed E-state index contributed by atoms with van der Waals surface area (Å²) in [5.74, 6) is 1.53. The van der Waals surface area contributed by atoms with E-state index in [4.69, 9.17) is 30.3 Å². The maximum absolute atomic E-state index is 12.0. The fraction of sp³-hybridized carbons (Fsp3) is 0.222. The van der Waals surface area contributed by atoms with Gasteiger partial charge in [-0.2, -0.15) is 0 Å². The molecule has 27 heavy (non-hydrogen) atoms. The van der Waals surface area contributed by atoms with Gasteiger partial charge in [-0.1, -0.05) is 16.8 Å². The van der Waals surface area contributed by atoms with Crippen molar-refractivity contribution >= 4 is 27.5 Å². The lowest BCUT2D eigenvalue weighted by molar-refractivity contribution is 0.289. The van der Waals surface area contributed by atoms with E-state index in [1.807, 2.05) is 0 Å². The molecule has 0 atom stereocenters. The largest absolute Gasteiger partial charge is 0.493 e. The molecule has 142 valence electrons. The van der Waals surface area contributed by atoms with E-state index in [1.54, 1.807) is 43.5 Å². The molecule has 0 bridgehead atoms. The molecule has 0 aliphatic carbocycles. The Morgan fingerprint density at radius 1 is 1.11 bits per heavy atom. The van der Waals surface area contributed by atoms with Crippen molar-refractivity contribution in [3.05, 3.63) is 56.4 Å². The number of nitrogens with zero attached hydrogens (tertiary/aromatic N) is 2. The lowest BCUT2D eigenvalue weighted by atomic mass is 10.2. The number of benzene rings is 2. The summed E-state index contributed by atoms with van der Waals surface area (Å²) < 4.78 is 23.2. The minimum atomic E-state index is -0.571. The molecular weight excluding hydrogens is 440 g/mol. The van der Waals surface area contributed by atoms with Gasteiger partial charge in [0.1, 0.15) is 12.4 Å². The van der Waals surface area contributed by atoms with Gasteiger partial charge < -0.3 is 14.2 Å². The maximum Gasteiger partial charge on any atom is 0.441 e. The predicted octanol–water partition coefficient (Wildman–Crippen LogP) is 4.02. The van der Waals surface area contributed by atoms with Crippen LogP contribution in [-0.2, 0) is 6.54 Å². The van der Waals surface area contributed by atoms with Crippen LogP contribution in [0, 0.1) is 0 Å². The average Bonchev–Trinajstić information content (AvgIpc) is 3.03. The molecule has 0 saturated heterocycles. The molecule has 3 rings (SSSR count). The third-order valence-corrected chi connectivity index (χ3v) is 4.65. The molecule has 3 aromatic rings. The molecule has 0 aliphatic rings. The molecule has 9 heteroatoms. The second kappa shape index (κ2) is 8.49. The molecule has 0 unspecified atom stereocenters. The minimum absolute atomic E-state index is 0.238. The molecule has 7 nitrogen and oxygen atoms in total. The van der Waals surface area contributed by atoms with Gasteiger partial charge in [0, 0.05) is 10.6 Å². The van der Waals surface area contributed by atoms with E-state index in [2.05, 4.69) is 21.1 Å². The van der Waals surface area contributed by atoms with Crippen LogP contribution in [0.15, 0.2) is 50.2 Å². The topological polar surface area (TPSA) is 75.7 Å². The van der Waals surface area contributed by atoms with E-state index >= 15 is 0 Å². The first-order chi connectivity index (χ1) is 13.0. The highest BCUT2D eigenvalue weighted by Gasteiger charge is 2.15. The Labute approximate surface area is 168 Å². The number of methoxy groups -OCH3 is 2. The standard InChI is InChI=1S/C18H16BrClN2O5/c1-24-15-5-3-11(9-16(15)25-2)17-21-27-18(23)22(17)7-8-26-14-6-4-12(20)10-13(14)19/h3-6,9-10H,7-8H2,1-2H3. The SMILES string of the molecule is COc1ccc(-c2noc(=O)n2CCOc2ccc(Cl)cc2Br)cc1OC. The van der Waals surface area contributed by atoms with Crippen LogP contribution in [0.1, 0.15) is 0 Å². The molecule has 0 aliphatic heterocycles. The van der Waals surface area contributed by atoms with E-state index in [0.717, 1.165) is 4.47 Å². The van der Waals surface area contributed by atoms with Crippen molar-refractivity contribution < 1.29 is 18.7 Å². The van der Waals surface area contributed by atoms with Crippen LogP contribution in [0.2, 0.25) is 5.02 Å². The summed E-state index contributed by atoms with van der Waals surface area (Å²) in [5.41, 5.74) is 0.658. The smallest absolute Gasteiger partial charge is 0.441 e. The van der Waals surface area contributed by atoms with Crippen molar-refractivity contribution in [2.24, 2.45) is 0 Å². The van der Waals surface area contributed by atoms with E-state index in [9.17, 15) is 4.79 Å². The molecule has 0 spiro atoms. The number of ether oxygens (including phenoxy) is 3. The lowest BCUT2D eigenvalue weighted by Crippen LogP contribution is -2.19. The van der Waals surface area contributed by atoms with Crippen molar-refractivity contribution in [2.75, 3.05) is 20.8 Å². The van der Waals surface area contributed by atoms with Crippen molar-refractivity contribution in [3.63, 3.8) is 0 Å². The van der Waals surface area contributed by atoms with Gasteiger partial charge in [0.25, 0.3) is 0 Å². The van der Waals surface area contributed by atoms with Gasteiger partial charge in [0.2, 0.25) is 0 Å². The number of aromatic nitrogens is 2. The second-order valence-corrected chi connectivity index (χ2v) is 6.71. The average molecular weight is 456 g/mol. The molecule has 1 heterocycles. The van der Waals surface area contributed by atoms with Gasteiger partial charge in [-0.3, -0.25) is 9.09 Å². The quantitative estimate of drug-likeness (QED) is 0.536. The van der Waals surface area contributed by atoms with Crippen LogP contribution < -0.4 is 20.0 Å². The molecule has 0 radical (unpaired) electrons. The Bertz CT molecular complexity index is 1000. The zero-order valence-electron chi connectivity index (χ0n) is 14.6. The molecule has 0 saturated carbocycles. The molecule has 2 aromatic carbocycles. The summed E-state index contributed by atoms with van der Waals surface area (Å²) in [7, 11) is 3.09. The Morgan fingerprint density at radius 2 is 1.85 bits per heavy atom. The first-order valence-corrected chi connectivity index (χ1v) is 9.07. The highest BCUT2D eigenvalue weighted by atomic mass is 79.9. The van der Waals surface area contributed by atoms with E-state index in [0.29, 0.717) is 33.7 Å². The zero-order valence-corrected chi connectivity index (χ0v) is 16.9. The van der Waals surface area contributed by atoms with Crippen LogP contribution in [0.4, 0.5) is 0 Å².